The first-order valence-corrected chi connectivity index (χ1v) is 12.7. The average Bonchev–Trinajstić information content (AvgIpc) is 3.18. The molecule has 2 atom stereocenters. The Morgan fingerprint density at radius 2 is 1.91 bits per heavy atom. The fourth-order valence-corrected chi connectivity index (χ4v) is 5.15. The molecule has 1 aromatic heterocycles. The van der Waals surface area contributed by atoms with E-state index in [4.69, 9.17) is 5.73 Å². The van der Waals surface area contributed by atoms with Crippen LogP contribution in [0.25, 0.3) is 10.9 Å². The van der Waals surface area contributed by atoms with Gasteiger partial charge >= 0.3 is 0 Å². The molecule has 6 N–H and O–H groups in total. The van der Waals surface area contributed by atoms with Crippen LogP contribution in [0.3, 0.4) is 0 Å². The lowest BCUT2D eigenvalue weighted by molar-refractivity contribution is -0.140. The monoisotopic (exact) mass is 483 g/mol. The van der Waals surface area contributed by atoms with Crippen molar-refractivity contribution in [2.45, 2.75) is 69.6 Å². The van der Waals surface area contributed by atoms with Crippen LogP contribution in [0.1, 0.15) is 50.5 Å². The normalized spacial score (nSPS) is 24.1. The van der Waals surface area contributed by atoms with Gasteiger partial charge in [0.05, 0.1) is 6.54 Å². The molecule has 1 saturated carbocycles. The maximum Gasteiger partial charge on any atom is 0.249 e. The Labute approximate surface area is 205 Å². The zero-order chi connectivity index (χ0) is 24.8. The summed E-state index contributed by atoms with van der Waals surface area (Å²) in [6.45, 7) is 1.07. The second-order valence-corrected chi connectivity index (χ2v) is 9.98. The summed E-state index contributed by atoms with van der Waals surface area (Å²) in [4.78, 5) is 43.0. The fourth-order valence-electron chi connectivity index (χ4n) is 5.15. The smallest absolute Gasteiger partial charge is 0.249 e. The van der Waals surface area contributed by atoms with Crippen LogP contribution in [0, 0.1) is 5.92 Å². The number of carbonyl (C=O) groups is 3. The number of H-pyrrole nitrogens is 1. The Morgan fingerprint density at radius 3 is 2.71 bits per heavy atom. The number of aromatic nitrogens is 1. The minimum absolute atomic E-state index is 0.0185. The standard InChI is InChI=1S/C26H37N5O4/c27-19-10-8-17(9-11-19)14-29-24(33)16-31-12-4-3-7-22(26(31)35)30-25(34)23(32)13-18-15-28-21-6-2-1-5-20(18)21/h1-2,5-6,15,17,19,22-23,28,32H,3-4,7-14,16,27H2,(H,29,33)(H,30,34). The number of aliphatic hydroxyl groups excluding tert-OH is 1. The van der Waals surface area contributed by atoms with Gasteiger partial charge in [-0.25, -0.2) is 0 Å². The molecule has 0 spiro atoms. The van der Waals surface area contributed by atoms with Crippen LogP contribution in [-0.2, 0) is 20.8 Å². The molecule has 190 valence electrons. The quantitative estimate of drug-likeness (QED) is 0.384. The van der Waals surface area contributed by atoms with Gasteiger partial charge in [-0.05, 0) is 62.5 Å². The predicted octanol–water partition coefficient (Wildman–Crippen LogP) is 1.20. The van der Waals surface area contributed by atoms with E-state index < -0.39 is 18.1 Å². The van der Waals surface area contributed by atoms with Crippen LogP contribution in [-0.4, -0.2) is 70.5 Å². The molecule has 1 aliphatic carbocycles. The molecule has 1 saturated heterocycles. The van der Waals surface area contributed by atoms with Crippen molar-refractivity contribution in [1.82, 2.24) is 20.5 Å². The van der Waals surface area contributed by atoms with Gasteiger partial charge in [-0.15, -0.1) is 0 Å². The highest BCUT2D eigenvalue weighted by molar-refractivity contribution is 5.92. The number of nitrogens with one attached hydrogen (secondary N) is 3. The minimum Gasteiger partial charge on any atom is -0.383 e. The van der Waals surface area contributed by atoms with Gasteiger partial charge in [0.2, 0.25) is 17.7 Å². The highest BCUT2D eigenvalue weighted by atomic mass is 16.3. The topological polar surface area (TPSA) is 141 Å². The van der Waals surface area contributed by atoms with Crippen molar-refractivity contribution in [2.24, 2.45) is 11.7 Å². The number of aliphatic hydroxyl groups is 1. The Bertz CT molecular complexity index is 1030. The van der Waals surface area contributed by atoms with E-state index in [1.165, 1.54) is 4.90 Å². The van der Waals surface area contributed by atoms with Gasteiger partial charge in [-0.3, -0.25) is 14.4 Å². The number of fused-ring (bicyclic) bond motifs is 1. The van der Waals surface area contributed by atoms with Crippen LogP contribution in [0.15, 0.2) is 30.5 Å². The van der Waals surface area contributed by atoms with Gasteiger partial charge in [-0.2, -0.15) is 0 Å². The van der Waals surface area contributed by atoms with Crippen LogP contribution in [0.2, 0.25) is 0 Å². The number of hydrogen-bond acceptors (Lipinski definition) is 5. The van der Waals surface area contributed by atoms with Crippen molar-refractivity contribution < 1.29 is 19.5 Å². The molecule has 2 heterocycles. The van der Waals surface area contributed by atoms with Crippen molar-refractivity contribution in [1.29, 1.82) is 0 Å². The molecule has 3 amide bonds. The van der Waals surface area contributed by atoms with E-state index in [1.54, 1.807) is 6.20 Å². The number of nitrogens with two attached hydrogens (primary N) is 1. The van der Waals surface area contributed by atoms with E-state index in [0.717, 1.165) is 55.0 Å². The second kappa shape index (κ2) is 11.7. The van der Waals surface area contributed by atoms with Gasteiger partial charge in [-0.1, -0.05) is 18.2 Å². The van der Waals surface area contributed by atoms with Crippen LogP contribution in [0.4, 0.5) is 0 Å². The summed E-state index contributed by atoms with van der Waals surface area (Å²) in [6, 6.07) is 7.23. The van der Waals surface area contributed by atoms with E-state index in [2.05, 4.69) is 15.6 Å². The summed E-state index contributed by atoms with van der Waals surface area (Å²) in [5, 5.41) is 17.2. The molecule has 1 aliphatic heterocycles. The summed E-state index contributed by atoms with van der Waals surface area (Å²) in [6.07, 6.45) is 6.68. The van der Waals surface area contributed by atoms with Gasteiger partial charge in [0.25, 0.3) is 0 Å². The lowest BCUT2D eigenvalue weighted by Gasteiger charge is -2.27. The average molecular weight is 484 g/mol. The first kappa shape index (κ1) is 25.2. The van der Waals surface area contributed by atoms with Crippen LogP contribution in [0.5, 0.6) is 0 Å². The van der Waals surface area contributed by atoms with E-state index >= 15 is 0 Å². The highest BCUT2D eigenvalue weighted by Gasteiger charge is 2.31. The molecular formula is C26H37N5O4. The summed E-state index contributed by atoms with van der Waals surface area (Å²) in [5.74, 6) is -0.590. The molecule has 9 heteroatoms. The van der Waals surface area contributed by atoms with Gasteiger partial charge in [0.1, 0.15) is 12.1 Å². The van der Waals surface area contributed by atoms with Gasteiger partial charge in [0.15, 0.2) is 0 Å². The Kier molecular flexibility index (Phi) is 8.41. The molecule has 2 aromatic rings. The fraction of sp³-hybridized carbons (Fsp3) is 0.577. The van der Waals surface area contributed by atoms with Crippen LogP contribution < -0.4 is 16.4 Å². The number of likely N-dealkylation sites (tertiary alicyclic amines) is 1. The van der Waals surface area contributed by atoms with Crippen molar-refractivity contribution in [3.63, 3.8) is 0 Å². The Morgan fingerprint density at radius 1 is 1.14 bits per heavy atom. The maximum atomic E-state index is 13.1. The number of para-hydroxylation sites is 1. The van der Waals surface area contributed by atoms with Crippen LogP contribution >= 0.6 is 0 Å². The van der Waals surface area contributed by atoms with E-state index in [0.29, 0.717) is 25.4 Å². The molecule has 0 bridgehead atoms. The Balaban J connectivity index is 1.28. The van der Waals surface area contributed by atoms with E-state index in [9.17, 15) is 19.5 Å². The third-order valence-electron chi connectivity index (χ3n) is 7.30. The van der Waals surface area contributed by atoms with Crippen molar-refractivity contribution in [3.05, 3.63) is 36.0 Å². The number of hydrogen-bond donors (Lipinski definition) is 5. The molecular weight excluding hydrogens is 446 g/mol. The van der Waals surface area contributed by atoms with Crippen molar-refractivity contribution in [3.8, 4) is 0 Å². The Hall–Kier alpha value is -2.91. The number of benzene rings is 1. The summed E-state index contributed by atoms with van der Waals surface area (Å²) < 4.78 is 0. The zero-order valence-corrected chi connectivity index (χ0v) is 20.2. The molecule has 2 unspecified atom stereocenters. The molecule has 2 fully saturated rings. The maximum absolute atomic E-state index is 13.1. The van der Waals surface area contributed by atoms with Crippen molar-refractivity contribution in [2.75, 3.05) is 19.6 Å². The number of aromatic amines is 1. The lowest BCUT2D eigenvalue weighted by atomic mass is 9.86. The minimum atomic E-state index is -1.27. The molecule has 0 radical (unpaired) electrons. The molecule has 2 aliphatic rings. The number of amides is 3. The third kappa shape index (κ3) is 6.61. The number of carbonyl (C=O) groups excluding carboxylic acids is 3. The predicted molar refractivity (Wildman–Crippen MR) is 133 cm³/mol. The van der Waals surface area contributed by atoms with Crippen molar-refractivity contribution >= 4 is 28.6 Å². The SMILES string of the molecule is NC1CCC(CNC(=O)CN2CCCCC(NC(=O)C(O)Cc3c[nH]c4ccccc34)C2=O)CC1. The van der Waals surface area contributed by atoms with Gasteiger partial charge in [0, 0.05) is 42.7 Å². The summed E-state index contributed by atoms with van der Waals surface area (Å²) >= 11 is 0. The largest absolute Gasteiger partial charge is 0.383 e. The summed E-state index contributed by atoms with van der Waals surface area (Å²) in [7, 11) is 0. The first-order valence-electron chi connectivity index (χ1n) is 12.7. The summed E-state index contributed by atoms with van der Waals surface area (Å²) in [5.41, 5.74) is 7.73. The third-order valence-corrected chi connectivity index (χ3v) is 7.30. The number of rotatable bonds is 8. The van der Waals surface area contributed by atoms with E-state index in [1.807, 2.05) is 24.3 Å². The number of nitrogens with zero attached hydrogens (tertiary/aromatic N) is 1. The second-order valence-electron chi connectivity index (χ2n) is 9.98. The zero-order valence-electron chi connectivity index (χ0n) is 20.2. The van der Waals surface area contributed by atoms with Gasteiger partial charge < -0.3 is 31.4 Å². The molecule has 4 rings (SSSR count). The van der Waals surface area contributed by atoms with E-state index in [-0.39, 0.29) is 30.8 Å². The molecule has 1 aromatic carbocycles. The molecule has 9 nitrogen and oxygen atoms in total. The lowest BCUT2D eigenvalue weighted by Crippen LogP contribution is -2.52. The highest BCUT2D eigenvalue weighted by Crippen LogP contribution is 2.22. The molecule has 35 heavy (non-hydrogen) atoms. The first-order chi connectivity index (χ1) is 16.9.